The first-order valence-electron chi connectivity index (χ1n) is 9.06. The van der Waals surface area contributed by atoms with Gasteiger partial charge in [0.25, 0.3) is 5.91 Å². The predicted octanol–water partition coefficient (Wildman–Crippen LogP) is 3.17. The summed E-state index contributed by atoms with van der Waals surface area (Å²) in [6.45, 7) is 2.77. The maximum Gasteiger partial charge on any atom is 0.265 e. The van der Waals surface area contributed by atoms with Crippen molar-refractivity contribution >= 4 is 23.2 Å². The van der Waals surface area contributed by atoms with Crippen LogP contribution in [0.4, 0.5) is 11.4 Å². The van der Waals surface area contributed by atoms with Crippen molar-refractivity contribution < 1.29 is 14.3 Å². The van der Waals surface area contributed by atoms with Crippen LogP contribution in [-0.4, -0.2) is 31.0 Å². The Balaban J connectivity index is 1.44. The van der Waals surface area contributed by atoms with Crippen molar-refractivity contribution in [3.05, 3.63) is 54.1 Å². The third kappa shape index (κ3) is 3.05. The number of fused-ring (bicyclic) bond motifs is 1. The summed E-state index contributed by atoms with van der Waals surface area (Å²) < 4.78 is 5.75. The second-order valence-corrected chi connectivity index (χ2v) is 6.88. The molecule has 0 aromatic heterocycles. The van der Waals surface area contributed by atoms with Gasteiger partial charge in [-0.2, -0.15) is 0 Å². The fraction of sp³-hybridized carbons (Fsp3) is 0.333. The van der Waals surface area contributed by atoms with Gasteiger partial charge in [0.05, 0.1) is 0 Å². The van der Waals surface area contributed by atoms with Crippen molar-refractivity contribution in [1.29, 1.82) is 0 Å². The van der Waals surface area contributed by atoms with Gasteiger partial charge in [-0.25, -0.2) is 0 Å². The van der Waals surface area contributed by atoms with E-state index in [1.807, 2.05) is 47.4 Å². The predicted molar refractivity (Wildman–Crippen MR) is 101 cm³/mol. The molecule has 1 atom stereocenters. The van der Waals surface area contributed by atoms with Gasteiger partial charge >= 0.3 is 0 Å². The van der Waals surface area contributed by atoms with Gasteiger partial charge in [-0.15, -0.1) is 0 Å². The lowest BCUT2D eigenvalue weighted by atomic mass is 10.1. The highest BCUT2D eigenvalue weighted by Crippen LogP contribution is 2.32. The summed E-state index contributed by atoms with van der Waals surface area (Å²) in [6.07, 6.45) is 2.35. The van der Waals surface area contributed by atoms with Crippen LogP contribution in [0.25, 0.3) is 0 Å². The third-order valence-corrected chi connectivity index (χ3v) is 5.04. The average molecular weight is 350 g/mol. The standard InChI is InChI=1S/C21H22N2O3/c1-15-12-16-6-2-3-9-19(16)23(15)21(25)14-26-18-8-4-7-17(13-18)22-11-5-10-20(22)24/h2-4,6-9,13,15H,5,10-12,14H2,1H3/t15-/m1/s1. The third-order valence-electron chi connectivity index (χ3n) is 5.04. The summed E-state index contributed by atoms with van der Waals surface area (Å²) in [5.74, 6) is 0.696. The number of hydrogen-bond acceptors (Lipinski definition) is 3. The molecule has 0 bridgehead atoms. The Labute approximate surface area is 153 Å². The van der Waals surface area contributed by atoms with Crippen molar-refractivity contribution in [2.24, 2.45) is 0 Å². The van der Waals surface area contributed by atoms with Crippen molar-refractivity contribution in [1.82, 2.24) is 0 Å². The molecule has 0 radical (unpaired) electrons. The van der Waals surface area contributed by atoms with Gasteiger partial charge in [0, 0.05) is 36.4 Å². The van der Waals surface area contributed by atoms with Crippen LogP contribution in [-0.2, 0) is 16.0 Å². The lowest BCUT2D eigenvalue weighted by Gasteiger charge is -2.23. The summed E-state index contributed by atoms with van der Waals surface area (Å²) in [5, 5.41) is 0. The number of carbonyl (C=O) groups is 2. The van der Waals surface area contributed by atoms with Crippen LogP contribution in [0.1, 0.15) is 25.3 Å². The Bertz CT molecular complexity index is 849. The number of carbonyl (C=O) groups excluding carboxylic acids is 2. The highest BCUT2D eigenvalue weighted by Gasteiger charge is 2.30. The molecule has 2 aromatic rings. The fourth-order valence-electron chi connectivity index (χ4n) is 3.82. The van der Waals surface area contributed by atoms with Crippen LogP contribution in [0.15, 0.2) is 48.5 Å². The normalized spacial score (nSPS) is 19.0. The number of ether oxygens (including phenoxy) is 1. The quantitative estimate of drug-likeness (QED) is 0.851. The minimum Gasteiger partial charge on any atom is -0.484 e. The van der Waals surface area contributed by atoms with Gasteiger partial charge < -0.3 is 14.5 Å². The van der Waals surface area contributed by atoms with E-state index < -0.39 is 0 Å². The number of hydrogen-bond donors (Lipinski definition) is 0. The van der Waals surface area contributed by atoms with Crippen molar-refractivity contribution in [2.45, 2.75) is 32.2 Å². The van der Waals surface area contributed by atoms with Gasteiger partial charge in [0.15, 0.2) is 6.61 Å². The first-order valence-corrected chi connectivity index (χ1v) is 9.06. The molecule has 26 heavy (non-hydrogen) atoms. The first kappa shape index (κ1) is 16.6. The summed E-state index contributed by atoms with van der Waals surface area (Å²) in [4.78, 5) is 28.2. The second kappa shape index (κ2) is 6.83. The topological polar surface area (TPSA) is 49.9 Å². The minimum atomic E-state index is -0.0508. The molecular formula is C21H22N2O3. The van der Waals surface area contributed by atoms with Gasteiger partial charge in [0.2, 0.25) is 5.91 Å². The lowest BCUT2D eigenvalue weighted by Crippen LogP contribution is -2.39. The fourth-order valence-corrected chi connectivity index (χ4v) is 3.82. The number of para-hydroxylation sites is 1. The molecular weight excluding hydrogens is 328 g/mol. The van der Waals surface area contributed by atoms with Crippen molar-refractivity contribution in [2.75, 3.05) is 23.0 Å². The van der Waals surface area contributed by atoms with E-state index in [4.69, 9.17) is 4.74 Å². The summed E-state index contributed by atoms with van der Waals surface area (Å²) >= 11 is 0. The molecule has 0 saturated carbocycles. The Morgan fingerprint density at radius 2 is 2.04 bits per heavy atom. The smallest absolute Gasteiger partial charge is 0.265 e. The van der Waals surface area contributed by atoms with E-state index in [-0.39, 0.29) is 24.5 Å². The molecule has 2 amide bonds. The maximum absolute atomic E-state index is 12.7. The van der Waals surface area contributed by atoms with Crippen LogP contribution in [0.2, 0.25) is 0 Å². The lowest BCUT2D eigenvalue weighted by molar-refractivity contribution is -0.121. The largest absolute Gasteiger partial charge is 0.484 e. The van der Waals surface area contributed by atoms with Crippen LogP contribution in [0, 0.1) is 0 Å². The van der Waals surface area contributed by atoms with E-state index in [1.54, 1.807) is 4.90 Å². The molecule has 5 heteroatoms. The van der Waals surface area contributed by atoms with E-state index >= 15 is 0 Å². The molecule has 1 fully saturated rings. The molecule has 2 heterocycles. The molecule has 0 N–H and O–H groups in total. The van der Waals surface area contributed by atoms with Crippen LogP contribution in [0.3, 0.4) is 0 Å². The molecule has 2 aliphatic heterocycles. The second-order valence-electron chi connectivity index (χ2n) is 6.88. The number of rotatable bonds is 4. The number of benzene rings is 2. The van der Waals surface area contributed by atoms with E-state index in [1.165, 1.54) is 5.56 Å². The van der Waals surface area contributed by atoms with Crippen LogP contribution >= 0.6 is 0 Å². The average Bonchev–Trinajstić information content (AvgIpc) is 3.22. The summed E-state index contributed by atoms with van der Waals surface area (Å²) in [7, 11) is 0. The molecule has 4 rings (SSSR count). The Morgan fingerprint density at radius 3 is 2.85 bits per heavy atom. The highest BCUT2D eigenvalue weighted by atomic mass is 16.5. The van der Waals surface area contributed by atoms with Crippen LogP contribution in [0.5, 0.6) is 5.75 Å². The Morgan fingerprint density at radius 1 is 1.19 bits per heavy atom. The van der Waals surface area contributed by atoms with E-state index in [0.717, 1.165) is 30.8 Å². The van der Waals surface area contributed by atoms with Gasteiger partial charge in [-0.05, 0) is 43.5 Å². The zero-order chi connectivity index (χ0) is 18.1. The first-order chi connectivity index (χ1) is 12.6. The molecule has 0 unspecified atom stereocenters. The molecule has 5 nitrogen and oxygen atoms in total. The molecule has 2 aromatic carbocycles. The number of nitrogens with zero attached hydrogens (tertiary/aromatic N) is 2. The van der Waals surface area contributed by atoms with E-state index in [0.29, 0.717) is 12.2 Å². The SMILES string of the molecule is C[C@@H]1Cc2ccccc2N1C(=O)COc1cccc(N2CCCC2=O)c1. The molecule has 2 aliphatic rings. The molecule has 0 aliphatic carbocycles. The van der Waals surface area contributed by atoms with Gasteiger partial charge in [0.1, 0.15) is 5.75 Å². The molecule has 134 valence electrons. The number of amides is 2. The van der Waals surface area contributed by atoms with Gasteiger partial charge in [-0.1, -0.05) is 24.3 Å². The van der Waals surface area contributed by atoms with Gasteiger partial charge in [-0.3, -0.25) is 9.59 Å². The summed E-state index contributed by atoms with van der Waals surface area (Å²) in [5.41, 5.74) is 3.00. The zero-order valence-electron chi connectivity index (χ0n) is 14.9. The molecule has 0 spiro atoms. The minimum absolute atomic E-state index is 0.0178. The number of anilines is 2. The van der Waals surface area contributed by atoms with E-state index in [2.05, 4.69) is 13.0 Å². The molecule has 1 saturated heterocycles. The Kier molecular flexibility index (Phi) is 4.37. The maximum atomic E-state index is 12.7. The van der Waals surface area contributed by atoms with E-state index in [9.17, 15) is 9.59 Å². The summed E-state index contributed by atoms with van der Waals surface area (Å²) in [6, 6.07) is 15.5. The zero-order valence-corrected chi connectivity index (χ0v) is 14.9. The van der Waals surface area contributed by atoms with Crippen LogP contribution < -0.4 is 14.5 Å². The van der Waals surface area contributed by atoms with Crippen molar-refractivity contribution in [3.63, 3.8) is 0 Å². The Hall–Kier alpha value is -2.82. The monoisotopic (exact) mass is 350 g/mol. The van der Waals surface area contributed by atoms with Crippen molar-refractivity contribution in [3.8, 4) is 5.75 Å². The highest BCUT2D eigenvalue weighted by molar-refractivity contribution is 5.97.